The van der Waals surface area contributed by atoms with Crippen LogP contribution in [-0.4, -0.2) is 40.5 Å². The maximum atomic E-state index is 13.0. The maximum absolute atomic E-state index is 13.0. The first-order valence-electron chi connectivity index (χ1n) is 10.2. The lowest BCUT2D eigenvalue weighted by atomic mass is 10.1. The number of Topliss-reactive ketones (excluding diaryl/α,β-unsaturated/α-hetero) is 1. The van der Waals surface area contributed by atoms with Crippen molar-refractivity contribution in [2.75, 3.05) is 20.0 Å². The molecule has 0 aliphatic rings. The van der Waals surface area contributed by atoms with Gasteiger partial charge in [0.25, 0.3) is 0 Å². The summed E-state index contributed by atoms with van der Waals surface area (Å²) in [5.41, 5.74) is 2.51. The van der Waals surface area contributed by atoms with Gasteiger partial charge in [-0.1, -0.05) is 53.7 Å². The minimum absolute atomic E-state index is 0.0678. The molecule has 4 aromatic rings. The highest BCUT2D eigenvalue weighted by atomic mass is 35.5. The van der Waals surface area contributed by atoms with Crippen molar-refractivity contribution in [2.45, 2.75) is 11.7 Å². The van der Waals surface area contributed by atoms with Crippen molar-refractivity contribution < 1.29 is 14.3 Å². The molecule has 1 aromatic heterocycles. The number of ether oxygens (including phenoxy) is 2. The first-order valence-corrected chi connectivity index (χ1v) is 11.6. The van der Waals surface area contributed by atoms with Gasteiger partial charge in [-0.05, 0) is 42.0 Å². The molecular formula is C25H22ClN3O3S. The number of carbonyl (C=O) groups excluding carboxylic acids is 1. The minimum Gasteiger partial charge on any atom is -0.497 e. The number of rotatable bonds is 9. The summed E-state index contributed by atoms with van der Waals surface area (Å²) in [7, 11) is 3.11. The molecule has 1 heterocycles. The van der Waals surface area contributed by atoms with Crippen LogP contribution in [0.1, 0.15) is 15.9 Å². The number of nitrogens with zero attached hydrogens (tertiary/aromatic N) is 3. The average molecular weight is 480 g/mol. The topological polar surface area (TPSA) is 66.2 Å². The Kier molecular flexibility index (Phi) is 7.32. The first kappa shape index (κ1) is 22.9. The van der Waals surface area contributed by atoms with E-state index in [1.165, 1.54) is 18.9 Å². The quantitative estimate of drug-likeness (QED) is 0.228. The molecule has 0 radical (unpaired) electrons. The van der Waals surface area contributed by atoms with Gasteiger partial charge in [-0.25, -0.2) is 0 Å². The zero-order valence-corrected chi connectivity index (χ0v) is 19.8. The van der Waals surface area contributed by atoms with E-state index in [2.05, 4.69) is 10.2 Å². The lowest BCUT2D eigenvalue weighted by Crippen LogP contribution is -2.08. The van der Waals surface area contributed by atoms with Gasteiger partial charge in [0.05, 0.1) is 32.1 Å². The molecule has 0 saturated carbocycles. The molecule has 0 spiro atoms. The second-order valence-corrected chi connectivity index (χ2v) is 8.54. The molecule has 0 aliphatic heterocycles. The summed E-state index contributed by atoms with van der Waals surface area (Å²) in [5, 5.41) is 10.1. The van der Waals surface area contributed by atoms with Gasteiger partial charge in [0.1, 0.15) is 11.5 Å². The number of benzene rings is 3. The molecule has 0 aliphatic carbocycles. The van der Waals surface area contributed by atoms with Crippen LogP contribution in [-0.2, 0) is 6.54 Å². The van der Waals surface area contributed by atoms with E-state index in [-0.39, 0.29) is 11.5 Å². The molecule has 4 rings (SSSR count). The van der Waals surface area contributed by atoms with E-state index >= 15 is 0 Å². The van der Waals surface area contributed by atoms with Crippen LogP contribution >= 0.6 is 23.4 Å². The fourth-order valence-electron chi connectivity index (χ4n) is 3.35. The third-order valence-electron chi connectivity index (χ3n) is 5.04. The standard InChI is InChI=1S/C25H22ClN3O3S/c1-31-20-12-13-21(23(14-20)32-2)22(30)16-33-25-28-27-24(18-8-10-19(26)11-9-18)29(25)15-17-6-4-3-5-7-17/h3-14H,15-16H2,1-2H3. The van der Waals surface area contributed by atoms with Gasteiger partial charge in [0, 0.05) is 16.7 Å². The van der Waals surface area contributed by atoms with Gasteiger partial charge in [-0.15, -0.1) is 10.2 Å². The van der Waals surface area contributed by atoms with Crippen LogP contribution < -0.4 is 9.47 Å². The fourth-order valence-corrected chi connectivity index (χ4v) is 4.30. The molecular weight excluding hydrogens is 458 g/mol. The third kappa shape index (κ3) is 5.38. The molecule has 0 amide bonds. The molecule has 0 bridgehead atoms. The number of methoxy groups -OCH3 is 2. The normalized spacial score (nSPS) is 10.8. The van der Waals surface area contributed by atoms with E-state index in [0.29, 0.717) is 39.6 Å². The van der Waals surface area contributed by atoms with E-state index in [1.807, 2.05) is 59.2 Å². The van der Waals surface area contributed by atoms with Crippen molar-refractivity contribution in [2.24, 2.45) is 0 Å². The molecule has 8 heteroatoms. The number of hydrogen-bond donors (Lipinski definition) is 0. The fraction of sp³-hybridized carbons (Fsp3) is 0.160. The summed E-state index contributed by atoms with van der Waals surface area (Å²) in [5.74, 6) is 1.95. The summed E-state index contributed by atoms with van der Waals surface area (Å²) < 4.78 is 12.6. The molecule has 0 unspecified atom stereocenters. The van der Waals surface area contributed by atoms with Crippen molar-refractivity contribution in [3.05, 3.63) is 88.9 Å². The second-order valence-electron chi connectivity index (χ2n) is 7.16. The van der Waals surface area contributed by atoms with Gasteiger partial charge in [-0.3, -0.25) is 9.36 Å². The highest BCUT2D eigenvalue weighted by Gasteiger charge is 2.19. The number of ketones is 1. The number of thioether (sulfide) groups is 1. The second kappa shape index (κ2) is 10.6. The van der Waals surface area contributed by atoms with Crippen molar-refractivity contribution in [1.29, 1.82) is 0 Å². The Morgan fingerprint density at radius 1 is 0.970 bits per heavy atom. The largest absolute Gasteiger partial charge is 0.497 e. The number of carbonyl (C=O) groups is 1. The lowest BCUT2D eigenvalue weighted by molar-refractivity contribution is 0.101. The lowest BCUT2D eigenvalue weighted by Gasteiger charge is -2.11. The van der Waals surface area contributed by atoms with Crippen molar-refractivity contribution in [1.82, 2.24) is 14.8 Å². The Labute approximate surface area is 201 Å². The Balaban J connectivity index is 1.61. The van der Waals surface area contributed by atoms with Crippen LogP contribution in [0.15, 0.2) is 78.0 Å². The monoisotopic (exact) mass is 479 g/mol. The van der Waals surface area contributed by atoms with Crippen LogP contribution in [0.25, 0.3) is 11.4 Å². The van der Waals surface area contributed by atoms with Crippen LogP contribution in [0.3, 0.4) is 0 Å². The Bertz CT molecular complexity index is 1240. The van der Waals surface area contributed by atoms with Gasteiger partial charge < -0.3 is 9.47 Å². The van der Waals surface area contributed by atoms with Crippen LogP contribution in [0, 0.1) is 0 Å². The summed E-state index contributed by atoms with van der Waals surface area (Å²) in [6.07, 6.45) is 0. The summed E-state index contributed by atoms with van der Waals surface area (Å²) >= 11 is 7.40. The Morgan fingerprint density at radius 3 is 2.42 bits per heavy atom. The van der Waals surface area contributed by atoms with Crippen molar-refractivity contribution >= 4 is 29.1 Å². The van der Waals surface area contributed by atoms with Crippen LogP contribution in [0.2, 0.25) is 5.02 Å². The molecule has 6 nitrogen and oxygen atoms in total. The molecule has 3 aromatic carbocycles. The van der Waals surface area contributed by atoms with Gasteiger partial charge in [0.2, 0.25) is 0 Å². The molecule has 33 heavy (non-hydrogen) atoms. The van der Waals surface area contributed by atoms with E-state index in [0.717, 1.165) is 11.1 Å². The zero-order chi connectivity index (χ0) is 23.2. The van der Waals surface area contributed by atoms with E-state index in [9.17, 15) is 4.79 Å². The predicted octanol–water partition coefficient (Wildman–Crippen LogP) is 5.64. The third-order valence-corrected chi connectivity index (χ3v) is 6.26. The molecule has 0 N–H and O–H groups in total. The summed E-state index contributed by atoms with van der Waals surface area (Å²) in [6, 6.07) is 22.7. The number of hydrogen-bond acceptors (Lipinski definition) is 6. The highest BCUT2D eigenvalue weighted by molar-refractivity contribution is 7.99. The Hall–Kier alpha value is -3.29. The summed E-state index contributed by atoms with van der Waals surface area (Å²) in [6.45, 7) is 0.578. The minimum atomic E-state index is -0.0678. The SMILES string of the molecule is COc1ccc(C(=O)CSc2nnc(-c3ccc(Cl)cc3)n2Cc2ccccc2)c(OC)c1. The van der Waals surface area contributed by atoms with E-state index in [1.54, 1.807) is 25.3 Å². The number of halogens is 1. The number of aromatic nitrogens is 3. The summed E-state index contributed by atoms with van der Waals surface area (Å²) in [4.78, 5) is 13.0. The predicted molar refractivity (Wildman–Crippen MR) is 131 cm³/mol. The van der Waals surface area contributed by atoms with Gasteiger partial charge >= 0.3 is 0 Å². The zero-order valence-electron chi connectivity index (χ0n) is 18.2. The molecule has 0 atom stereocenters. The molecule has 0 saturated heterocycles. The first-order chi connectivity index (χ1) is 16.1. The van der Waals surface area contributed by atoms with Crippen molar-refractivity contribution in [3.63, 3.8) is 0 Å². The van der Waals surface area contributed by atoms with E-state index < -0.39 is 0 Å². The van der Waals surface area contributed by atoms with Crippen LogP contribution in [0.4, 0.5) is 0 Å². The molecule has 168 valence electrons. The smallest absolute Gasteiger partial charge is 0.192 e. The van der Waals surface area contributed by atoms with Crippen molar-refractivity contribution in [3.8, 4) is 22.9 Å². The Morgan fingerprint density at radius 2 is 1.73 bits per heavy atom. The average Bonchev–Trinajstić information content (AvgIpc) is 3.25. The van der Waals surface area contributed by atoms with Gasteiger partial charge in [0.15, 0.2) is 16.8 Å². The maximum Gasteiger partial charge on any atom is 0.192 e. The highest BCUT2D eigenvalue weighted by Crippen LogP contribution is 2.29. The van der Waals surface area contributed by atoms with Crippen LogP contribution in [0.5, 0.6) is 11.5 Å². The van der Waals surface area contributed by atoms with E-state index in [4.69, 9.17) is 21.1 Å². The molecule has 0 fully saturated rings. The van der Waals surface area contributed by atoms with Gasteiger partial charge in [-0.2, -0.15) is 0 Å².